The minimum Gasteiger partial charge on any atom is -0.383 e. The predicted molar refractivity (Wildman–Crippen MR) is 54.9 cm³/mol. The molecule has 0 aromatic heterocycles. The molecule has 0 N–H and O–H groups in total. The lowest BCUT2D eigenvalue weighted by Crippen LogP contribution is -2.51. The van der Waals surface area contributed by atoms with Crippen LogP contribution in [0.2, 0.25) is 0 Å². The summed E-state index contributed by atoms with van der Waals surface area (Å²) >= 11 is 2.06. The van der Waals surface area contributed by atoms with Gasteiger partial charge in [0.1, 0.15) is 0 Å². The standard InChI is InChI=1S/C9H19NOS/c1-9(2)8-12-7-5-10(9)4-6-11-3/h4-8H2,1-3H3. The molecular weight excluding hydrogens is 170 g/mol. The first kappa shape index (κ1) is 10.4. The van der Waals surface area contributed by atoms with Crippen LogP contribution in [0.25, 0.3) is 0 Å². The first-order valence-electron chi connectivity index (χ1n) is 4.48. The maximum Gasteiger partial charge on any atom is 0.0589 e. The van der Waals surface area contributed by atoms with Gasteiger partial charge in [-0.3, -0.25) is 4.90 Å². The van der Waals surface area contributed by atoms with Gasteiger partial charge in [0.15, 0.2) is 0 Å². The number of thioether (sulfide) groups is 1. The summed E-state index contributed by atoms with van der Waals surface area (Å²) in [7, 11) is 1.77. The van der Waals surface area contributed by atoms with Gasteiger partial charge >= 0.3 is 0 Å². The molecule has 1 rings (SSSR count). The van der Waals surface area contributed by atoms with E-state index in [0.29, 0.717) is 5.54 Å². The molecule has 0 saturated carbocycles. The SMILES string of the molecule is COCCN1CCSCC1(C)C. The van der Waals surface area contributed by atoms with Crippen LogP contribution in [0, 0.1) is 0 Å². The minimum absolute atomic E-state index is 0.363. The van der Waals surface area contributed by atoms with E-state index in [1.165, 1.54) is 18.1 Å². The van der Waals surface area contributed by atoms with Crippen molar-refractivity contribution in [1.82, 2.24) is 4.90 Å². The van der Waals surface area contributed by atoms with Crippen LogP contribution in [-0.4, -0.2) is 48.8 Å². The van der Waals surface area contributed by atoms with Gasteiger partial charge in [-0.1, -0.05) is 0 Å². The van der Waals surface area contributed by atoms with E-state index >= 15 is 0 Å². The zero-order valence-corrected chi connectivity index (χ0v) is 9.12. The molecule has 12 heavy (non-hydrogen) atoms. The first-order valence-corrected chi connectivity index (χ1v) is 5.64. The van der Waals surface area contributed by atoms with Crippen molar-refractivity contribution in [2.24, 2.45) is 0 Å². The Labute approximate surface area is 79.6 Å². The fourth-order valence-electron chi connectivity index (χ4n) is 1.51. The van der Waals surface area contributed by atoms with Gasteiger partial charge in [0.05, 0.1) is 6.61 Å². The van der Waals surface area contributed by atoms with Gasteiger partial charge in [-0.15, -0.1) is 0 Å². The highest BCUT2D eigenvalue weighted by atomic mass is 32.2. The quantitative estimate of drug-likeness (QED) is 0.667. The molecule has 0 bridgehead atoms. The van der Waals surface area contributed by atoms with Crippen LogP contribution in [-0.2, 0) is 4.74 Å². The van der Waals surface area contributed by atoms with E-state index in [1.807, 2.05) is 0 Å². The smallest absolute Gasteiger partial charge is 0.0589 e. The predicted octanol–water partition coefficient (Wildman–Crippen LogP) is 1.46. The van der Waals surface area contributed by atoms with Crippen molar-refractivity contribution in [1.29, 1.82) is 0 Å². The number of methoxy groups -OCH3 is 1. The average molecular weight is 189 g/mol. The van der Waals surface area contributed by atoms with Crippen molar-refractivity contribution in [3.8, 4) is 0 Å². The maximum absolute atomic E-state index is 5.09. The van der Waals surface area contributed by atoms with Crippen LogP contribution in [0.4, 0.5) is 0 Å². The fraction of sp³-hybridized carbons (Fsp3) is 1.00. The molecule has 0 aromatic rings. The summed E-state index contributed by atoms with van der Waals surface area (Å²) in [6.45, 7) is 7.77. The van der Waals surface area contributed by atoms with Crippen molar-refractivity contribution < 1.29 is 4.74 Å². The third-order valence-corrected chi connectivity index (χ3v) is 3.76. The lowest BCUT2D eigenvalue weighted by atomic mass is 10.1. The van der Waals surface area contributed by atoms with E-state index in [9.17, 15) is 0 Å². The molecule has 0 radical (unpaired) electrons. The molecule has 0 unspecified atom stereocenters. The summed E-state index contributed by atoms with van der Waals surface area (Å²) in [6, 6.07) is 0. The number of rotatable bonds is 3. The lowest BCUT2D eigenvalue weighted by Gasteiger charge is -2.41. The van der Waals surface area contributed by atoms with Crippen LogP contribution in [0.5, 0.6) is 0 Å². The molecule has 1 saturated heterocycles. The molecule has 0 spiro atoms. The third kappa shape index (κ3) is 2.64. The van der Waals surface area contributed by atoms with Crippen LogP contribution in [0.1, 0.15) is 13.8 Å². The minimum atomic E-state index is 0.363. The third-order valence-electron chi connectivity index (χ3n) is 2.38. The summed E-state index contributed by atoms with van der Waals surface area (Å²) in [4.78, 5) is 2.52. The molecule has 2 nitrogen and oxygen atoms in total. The van der Waals surface area contributed by atoms with E-state index in [-0.39, 0.29) is 0 Å². The van der Waals surface area contributed by atoms with Gasteiger partial charge in [0, 0.05) is 37.2 Å². The highest BCUT2D eigenvalue weighted by Gasteiger charge is 2.29. The van der Waals surface area contributed by atoms with Crippen LogP contribution < -0.4 is 0 Å². The maximum atomic E-state index is 5.09. The molecule has 0 atom stereocenters. The van der Waals surface area contributed by atoms with Crippen molar-refractivity contribution in [2.45, 2.75) is 19.4 Å². The van der Waals surface area contributed by atoms with E-state index in [1.54, 1.807) is 7.11 Å². The number of hydrogen-bond acceptors (Lipinski definition) is 3. The molecule has 0 aliphatic carbocycles. The normalized spacial score (nSPS) is 24.2. The van der Waals surface area contributed by atoms with E-state index in [4.69, 9.17) is 4.74 Å². The monoisotopic (exact) mass is 189 g/mol. The lowest BCUT2D eigenvalue weighted by molar-refractivity contribution is 0.0920. The highest BCUT2D eigenvalue weighted by molar-refractivity contribution is 7.99. The van der Waals surface area contributed by atoms with Crippen LogP contribution in [0.3, 0.4) is 0 Å². The molecule has 72 valence electrons. The fourth-order valence-corrected chi connectivity index (χ4v) is 2.68. The summed E-state index contributed by atoms with van der Waals surface area (Å²) < 4.78 is 5.09. The van der Waals surface area contributed by atoms with Crippen molar-refractivity contribution in [2.75, 3.05) is 38.3 Å². The summed E-state index contributed by atoms with van der Waals surface area (Å²) in [6.07, 6.45) is 0. The molecule has 0 amide bonds. The molecule has 0 aromatic carbocycles. The Morgan fingerprint density at radius 3 is 2.83 bits per heavy atom. The van der Waals surface area contributed by atoms with E-state index in [0.717, 1.165) is 13.2 Å². The molecule has 3 heteroatoms. The molecule has 1 aliphatic rings. The first-order chi connectivity index (χ1) is 5.67. The molecule has 1 aliphatic heterocycles. The second kappa shape index (κ2) is 4.49. The number of ether oxygens (including phenoxy) is 1. The Hall–Kier alpha value is 0.270. The summed E-state index contributed by atoms with van der Waals surface area (Å²) in [5.74, 6) is 2.52. The van der Waals surface area contributed by atoms with Gasteiger partial charge in [0.2, 0.25) is 0 Å². The van der Waals surface area contributed by atoms with Crippen molar-refractivity contribution >= 4 is 11.8 Å². The zero-order chi connectivity index (χ0) is 9.03. The Balaban J connectivity index is 2.37. The Morgan fingerprint density at radius 1 is 1.50 bits per heavy atom. The Morgan fingerprint density at radius 2 is 2.25 bits per heavy atom. The van der Waals surface area contributed by atoms with Gasteiger partial charge in [-0.2, -0.15) is 11.8 Å². The van der Waals surface area contributed by atoms with Gasteiger partial charge in [-0.05, 0) is 13.8 Å². The topological polar surface area (TPSA) is 12.5 Å². The van der Waals surface area contributed by atoms with Gasteiger partial charge in [-0.25, -0.2) is 0 Å². The largest absolute Gasteiger partial charge is 0.383 e. The second-order valence-electron chi connectivity index (χ2n) is 3.84. The van der Waals surface area contributed by atoms with Crippen molar-refractivity contribution in [3.05, 3.63) is 0 Å². The number of hydrogen-bond donors (Lipinski definition) is 0. The van der Waals surface area contributed by atoms with Gasteiger partial charge in [0.25, 0.3) is 0 Å². The van der Waals surface area contributed by atoms with E-state index < -0.39 is 0 Å². The summed E-state index contributed by atoms with van der Waals surface area (Å²) in [5, 5.41) is 0. The van der Waals surface area contributed by atoms with Crippen molar-refractivity contribution in [3.63, 3.8) is 0 Å². The highest BCUT2D eigenvalue weighted by Crippen LogP contribution is 2.25. The average Bonchev–Trinajstić information content (AvgIpc) is 2.02. The summed E-state index contributed by atoms with van der Waals surface area (Å²) in [5.41, 5.74) is 0.363. The van der Waals surface area contributed by atoms with Gasteiger partial charge < -0.3 is 4.74 Å². The Kier molecular flexibility index (Phi) is 3.87. The second-order valence-corrected chi connectivity index (χ2v) is 4.95. The van der Waals surface area contributed by atoms with Crippen LogP contribution in [0.15, 0.2) is 0 Å². The number of nitrogens with zero attached hydrogens (tertiary/aromatic N) is 1. The molecule has 1 heterocycles. The van der Waals surface area contributed by atoms with E-state index in [2.05, 4.69) is 30.5 Å². The molecular formula is C9H19NOS. The van der Waals surface area contributed by atoms with Crippen LogP contribution >= 0.6 is 11.8 Å². The molecule has 1 fully saturated rings. The Bertz CT molecular complexity index is 138. The zero-order valence-electron chi connectivity index (χ0n) is 8.30.